The number of amides is 2. The maximum Gasteiger partial charge on any atom is 0.253 e. The summed E-state index contributed by atoms with van der Waals surface area (Å²) in [4.78, 5) is 26.1. The number of carbonyl (C=O) groups is 2. The second-order valence-corrected chi connectivity index (χ2v) is 7.37. The minimum absolute atomic E-state index is 0.00616. The molecule has 0 aliphatic carbocycles. The van der Waals surface area contributed by atoms with Crippen LogP contribution in [0.2, 0.25) is 0 Å². The van der Waals surface area contributed by atoms with Gasteiger partial charge in [-0.3, -0.25) is 9.59 Å². The van der Waals surface area contributed by atoms with Crippen LogP contribution >= 0.6 is 0 Å². The predicted octanol–water partition coefficient (Wildman–Crippen LogP) is 3.14. The molecule has 0 atom stereocenters. The first kappa shape index (κ1) is 18.0. The molecule has 0 bridgehead atoms. The van der Waals surface area contributed by atoms with Gasteiger partial charge >= 0.3 is 0 Å². The lowest BCUT2D eigenvalue weighted by Crippen LogP contribution is -2.38. The molecule has 2 aromatic carbocycles. The highest BCUT2D eigenvalue weighted by Gasteiger charge is 2.25. The van der Waals surface area contributed by atoms with Crippen molar-refractivity contribution in [3.63, 3.8) is 0 Å². The number of nitrogens with one attached hydrogen (secondary N) is 1. The molecule has 0 fully saturated rings. The van der Waals surface area contributed by atoms with Gasteiger partial charge in [0.25, 0.3) is 5.91 Å². The number of rotatable bonds is 4. The molecule has 1 N–H and O–H groups in total. The Labute approximate surface area is 154 Å². The summed E-state index contributed by atoms with van der Waals surface area (Å²) in [6, 6.07) is 15.1. The quantitative estimate of drug-likeness (QED) is 0.920. The maximum atomic E-state index is 12.4. The summed E-state index contributed by atoms with van der Waals surface area (Å²) < 4.78 is 5.81. The van der Waals surface area contributed by atoms with Crippen LogP contribution in [0.1, 0.15) is 36.7 Å². The zero-order chi connectivity index (χ0) is 18.7. The lowest BCUT2D eigenvalue weighted by molar-refractivity contribution is -0.117. The van der Waals surface area contributed by atoms with Gasteiger partial charge in [-0.1, -0.05) is 45.0 Å². The van der Waals surface area contributed by atoms with E-state index < -0.39 is 0 Å². The Morgan fingerprint density at radius 2 is 1.73 bits per heavy atom. The highest BCUT2D eigenvalue weighted by atomic mass is 16.5. The van der Waals surface area contributed by atoms with Crippen LogP contribution < -0.4 is 15.0 Å². The third kappa shape index (κ3) is 3.87. The normalized spacial score (nSPS) is 14.5. The predicted molar refractivity (Wildman–Crippen MR) is 102 cm³/mol. The van der Waals surface area contributed by atoms with E-state index in [1.165, 1.54) is 5.56 Å². The average Bonchev–Trinajstić information content (AvgIpc) is 2.73. The number of para-hydroxylation sites is 1. The number of carbonyl (C=O) groups excluding carboxylic acids is 2. The third-order valence-corrected chi connectivity index (χ3v) is 4.44. The Kier molecular flexibility index (Phi) is 4.98. The molecule has 136 valence electrons. The number of ether oxygens (including phenoxy) is 1. The summed E-state index contributed by atoms with van der Waals surface area (Å²) in [5.41, 5.74) is 2.47. The molecule has 0 spiro atoms. The second kappa shape index (κ2) is 7.20. The van der Waals surface area contributed by atoms with E-state index in [1.54, 1.807) is 23.1 Å². The molecule has 0 radical (unpaired) electrons. The van der Waals surface area contributed by atoms with Crippen LogP contribution in [0.5, 0.6) is 5.75 Å². The lowest BCUT2D eigenvalue weighted by Gasteiger charge is -2.22. The largest absolute Gasteiger partial charge is 0.492 e. The van der Waals surface area contributed by atoms with Crippen molar-refractivity contribution < 1.29 is 14.3 Å². The minimum Gasteiger partial charge on any atom is -0.492 e. The molecule has 1 heterocycles. The third-order valence-electron chi connectivity index (χ3n) is 4.44. The monoisotopic (exact) mass is 352 g/mol. The molecule has 26 heavy (non-hydrogen) atoms. The number of benzene rings is 2. The van der Waals surface area contributed by atoms with Gasteiger partial charge in [-0.15, -0.1) is 0 Å². The van der Waals surface area contributed by atoms with Gasteiger partial charge < -0.3 is 15.0 Å². The molecule has 3 rings (SSSR count). The number of fused-ring (bicyclic) bond motifs is 1. The molecule has 0 aromatic heterocycles. The van der Waals surface area contributed by atoms with E-state index in [9.17, 15) is 9.59 Å². The molecule has 0 saturated heterocycles. The molecule has 0 unspecified atom stereocenters. The van der Waals surface area contributed by atoms with Crippen molar-refractivity contribution in [1.82, 2.24) is 5.32 Å². The Balaban J connectivity index is 1.68. The van der Waals surface area contributed by atoms with Crippen molar-refractivity contribution in [1.29, 1.82) is 0 Å². The smallest absolute Gasteiger partial charge is 0.253 e. The van der Waals surface area contributed by atoms with Crippen molar-refractivity contribution in [3.05, 3.63) is 59.7 Å². The number of anilines is 1. The van der Waals surface area contributed by atoms with E-state index in [4.69, 9.17) is 4.74 Å². The molecule has 5 nitrogen and oxygen atoms in total. The van der Waals surface area contributed by atoms with Gasteiger partial charge in [0.05, 0.1) is 24.3 Å². The second-order valence-electron chi connectivity index (χ2n) is 7.37. The molecule has 1 aliphatic rings. The van der Waals surface area contributed by atoms with E-state index in [1.807, 2.05) is 18.2 Å². The topological polar surface area (TPSA) is 58.6 Å². The summed E-state index contributed by atoms with van der Waals surface area (Å²) in [7, 11) is 0. The number of hydrogen-bond donors (Lipinski definition) is 1. The minimum atomic E-state index is -0.227. The summed E-state index contributed by atoms with van der Waals surface area (Å²) in [5, 5.41) is 2.64. The van der Waals surface area contributed by atoms with E-state index in [0.29, 0.717) is 24.4 Å². The van der Waals surface area contributed by atoms with E-state index in [2.05, 4.69) is 38.2 Å². The Bertz CT molecular complexity index is 807. The SMILES string of the molecule is CC(C)(C)c1ccc(OCCN2C(=O)CNC(=O)c3ccccc32)cc1. The zero-order valence-corrected chi connectivity index (χ0v) is 15.4. The van der Waals surface area contributed by atoms with E-state index >= 15 is 0 Å². The summed E-state index contributed by atoms with van der Waals surface area (Å²) >= 11 is 0. The van der Waals surface area contributed by atoms with Gasteiger partial charge in [0, 0.05) is 0 Å². The number of nitrogens with zero attached hydrogens (tertiary/aromatic N) is 1. The first-order valence-corrected chi connectivity index (χ1v) is 8.77. The van der Waals surface area contributed by atoms with Crippen LogP contribution in [-0.2, 0) is 10.2 Å². The summed E-state index contributed by atoms with van der Waals surface area (Å²) in [5.74, 6) is 0.396. The Morgan fingerprint density at radius 3 is 2.42 bits per heavy atom. The highest BCUT2D eigenvalue weighted by Crippen LogP contribution is 2.25. The fourth-order valence-electron chi connectivity index (χ4n) is 2.93. The van der Waals surface area contributed by atoms with Crippen molar-refractivity contribution in [2.45, 2.75) is 26.2 Å². The molecule has 0 saturated carbocycles. The molecule has 5 heteroatoms. The number of hydrogen-bond acceptors (Lipinski definition) is 3. The van der Waals surface area contributed by atoms with Crippen LogP contribution in [0.4, 0.5) is 5.69 Å². The van der Waals surface area contributed by atoms with Crippen molar-refractivity contribution in [3.8, 4) is 5.75 Å². The summed E-state index contributed by atoms with van der Waals surface area (Å²) in [6.07, 6.45) is 0. The Hall–Kier alpha value is -2.82. The molecule has 1 aliphatic heterocycles. The van der Waals surface area contributed by atoms with Gasteiger partial charge in [-0.2, -0.15) is 0 Å². The van der Waals surface area contributed by atoms with Crippen LogP contribution in [0.15, 0.2) is 48.5 Å². The van der Waals surface area contributed by atoms with Crippen LogP contribution in [0.3, 0.4) is 0 Å². The lowest BCUT2D eigenvalue weighted by atomic mass is 9.87. The molecular weight excluding hydrogens is 328 g/mol. The standard InChI is InChI=1S/C21H24N2O3/c1-21(2,3)15-8-10-16(11-9-15)26-13-12-23-18-7-5-4-6-17(18)20(25)22-14-19(23)24/h4-11H,12-14H2,1-3H3,(H,22,25). The summed E-state index contributed by atoms with van der Waals surface area (Å²) in [6.45, 7) is 7.23. The molecular formula is C21H24N2O3. The Morgan fingerprint density at radius 1 is 1.04 bits per heavy atom. The van der Waals surface area contributed by atoms with Gasteiger partial charge in [0.1, 0.15) is 12.4 Å². The fraction of sp³-hybridized carbons (Fsp3) is 0.333. The van der Waals surface area contributed by atoms with Crippen LogP contribution in [0.25, 0.3) is 0 Å². The molecule has 2 aromatic rings. The van der Waals surface area contributed by atoms with Crippen LogP contribution in [0, 0.1) is 0 Å². The zero-order valence-electron chi connectivity index (χ0n) is 15.4. The van der Waals surface area contributed by atoms with Crippen molar-refractivity contribution >= 4 is 17.5 Å². The van der Waals surface area contributed by atoms with E-state index in [0.717, 1.165) is 5.75 Å². The van der Waals surface area contributed by atoms with Gasteiger partial charge in [-0.25, -0.2) is 0 Å². The highest BCUT2D eigenvalue weighted by molar-refractivity contribution is 6.09. The maximum absolute atomic E-state index is 12.4. The average molecular weight is 352 g/mol. The van der Waals surface area contributed by atoms with Crippen molar-refractivity contribution in [2.24, 2.45) is 0 Å². The first-order valence-electron chi connectivity index (χ1n) is 8.77. The van der Waals surface area contributed by atoms with Gasteiger partial charge in [0.2, 0.25) is 5.91 Å². The van der Waals surface area contributed by atoms with Gasteiger partial charge in [0.15, 0.2) is 0 Å². The van der Waals surface area contributed by atoms with Crippen LogP contribution in [-0.4, -0.2) is 31.5 Å². The first-order chi connectivity index (χ1) is 12.4. The van der Waals surface area contributed by atoms with Gasteiger partial charge in [-0.05, 0) is 35.2 Å². The van der Waals surface area contributed by atoms with Crippen molar-refractivity contribution in [2.75, 3.05) is 24.6 Å². The molecule has 2 amide bonds. The van der Waals surface area contributed by atoms with E-state index in [-0.39, 0.29) is 23.8 Å². The fourth-order valence-corrected chi connectivity index (χ4v) is 2.93.